The van der Waals surface area contributed by atoms with Crippen LogP contribution in [0.5, 0.6) is 0 Å². The lowest BCUT2D eigenvalue weighted by molar-refractivity contribution is -0.116. The Morgan fingerprint density at radius 3 is 2.77 bits per heavy atom. The van der Waals surface area contributed by atoms with Crippen molar-refractivity contribution in [3.63, 3.8) is 0 Å². The van der Waals surface area contributed by atoms with E-state index in [1.54, 1.807) is 13.0 Å². The molecule has 1 aromatic carbocycles. The molecule has 0 bridgehead atoms. The molecule has 6 heteroatoms. The van der Waals surface area contributed by atoms with Gasteiger partial charge >= 0.3 is 5.69 Å². The monoisotopic (exact) mass is 300 g/mol. The zero-order valence-electron chi connectivity index (χ0n) is 13.0. The number of benzene rings is 1. The van der Waals surface area contributed by atoms with E-state index in [-0.39, 0.29) is 11.7 Å². The summed E-state index contributed by atoms with van der Waals surface area (Å²) in [6, 6.07) is 9.68. The first-order valence-corrected chi connectivity index (χ1v) is 7.08. The molecular weight excluding hydrogens is 280 g/mol. The Morgan fingerprint density at radius 2 is 2.09 bits per heavy atom. The van der Waals surface area contributed by atoms with E-state index in [0.29, 0.717) is 18.5 Å². The highest BCUT2D eigenvalue weighted by molar-refractivity contribution is 5.89. The van der Waals surface area contributed by atoms with Crippen LogP contribution in [-0.4, -0.2) is 30.0 Å². The molecule has 0 unspecified atom stereocenters. The number of rotatable bonds is 5. The second kappa shape index (κ2) is 6.89. The fourth-order valence-electron chi connectivity index (χ4n) is 2.10. The van der Waals surface area contributed by atoms with Gasteiger partial charge in [-0.05, 0) is 31.0 Å². The molecule has 0 saturated heterocycles. The molecule has 0 aliphatic carbocycles. The van der Waals surface area contributed by atoms with Crippen LogP contribution in [0.25, 0.3) is 0 Å². The lowest BCUT2D eigenvalue weighted by Crippen LogP contribution is -2.19. The second-order valence-corrected chi connectivity index (χ2v) is 5.37. The van der Waals surface area contributed by atoms with Crippen molar-refractivity contribution in [3.05, 3.63) is 52.1 Å². The number of carbonyl (C=O) groups is 1. The van der Waals surface area contributed by atoms with Gasteiger partial charge in [0.2, 0.25) is 5.91 Å². The number of hydrogen-bond donors (Lipinski definition) is 2. The molecule has 1 heterocycles. The number of nitrogens with one attached hydrogen (secondary N) is 2. The van der Waals surface area contributed by atoms with E-state index < -0.39 is 5.69 Å². The van der Waals surface area contributed by atoms with Crippen molar-refractivity contribution in [2.75, 3.05) is 24.3 Å². The summed E-state index contributed by atoms with van der Waals surface area (Å²) in [7, 11) is 3.96. The summed E-state index contributed by atoms with van der Waals surface area (Å²) in [5.41, 5.74) is 2.39. The third-order valence-corrected chi connectivity index (χ3v) is 3.21. The Morgan fingerprint density at radius 1 is 1.32 bits per heavy atom. The highest BCUT2D eigenvalue weighted by Gasteiger charge is 2.06. The van der Waals surface area contributed by atoms with Gasteiger partial charge in [-0.2, -0.15) is 4.98 Å². The van der Waals surface area contributed by atoms with Crippen LogP contribution in [0.15, 0.2) is 35.1 Å². The molecule has 0 fully saturated rings. The van der Waals surface area contributed by atoms with E-state index in [2.05, 4.69) is 21.4 Å². The molecule has 0 aliphatic rings. The zero-order chi connectivity index (χ0) is 16.1. The van der Waals surface area contributed by atoms with E-state index in [9.17, 15) is 9.59 Å². The minimum Gasteiger partial charge on any atom is -0.378 e. The van der Waals surface area contributed by atoms with Gasteiger partial charge in [0.1, 0.15) is 5.82 Å². The number of H-pyrrole nitrogens is 1. The number of hydrogen-bond acceptors (Lipinski definition) is 4. The maximum Gasteiger partial charge on any atom is 0.347 e. The number of aromatic amines is 1. The van der Waals surface area contributed by atoms with E-state index >= 15 is 0 Å². The summed E-state index contributed by atoms with van der Waals surface area (Å²) >= 11 is 0. The largest absolute Gasteiger partial charge is 0.378 e. The Labute approximate surface area is 129 Å². The van der Waals surface area contributed by atoms with Gasteiger partial charge in [0.15, 0.2) is 0 Å². The molecule has 116 valence electrons. The minimum absolute atomic E-state index is 0.159. The van der Waals surface area contributed by atoms with Gasteiger partial charge < -0.3 is 15.2 Å². The van der Waals surface area contributed by atoms with Crippen molar-refractivity contribution in [1.29, 1.82) is 0 Å². The third-order valence-electron chi connectivity index (χ3n) is 3.21. The summed E-state index contributed by atoms with van der Waals surface area (Å²) in [6.07, 6.45) is 0.972. The van der Waals surface area contributed by atoms with Crippen molar-refractivity contribution in [1.82, 2.24) is 9.97 Å². The fraction of sp³-hybridized carbons (Fsp3) is 0.312. The third kappa shape index (κ3) is 4.44. The molecule has 0 atom stereocenters. The SMILES string of the molecule is Cc1cc(NC(=O)CCc2cccc(N(C)C)c2)nc(=O)[nH]1. The van der Waals surface area contributed by atoms with Gasteiger partial charge in [-0.3, -0.25) is 4.79 Å². The summed E-state index contributed by atoms with van der Waals surface area (Å²) in [5.74, 6) is 0.126. The van der Waals surface area contributed by atoms with E-state index in [1.165, 1.54) is 0 Å². The maximum atomic E-state index is 12.0. The average molecular weight is 300 g/mol. The summed E-state index contributed by atoms with van der Waals surface area (Å²) in [6.45, 7) is 1.74. The lowest BCUT2D eigenvalue weighted by Gasteiger charge is -2.13. The second-order valence-electron chi connectivity index (χ2n) is 5.37. The highest BCUT2D eigenvalue weighted by atomic mass is 16.2. The first-order chi connectivity index (χ1) is 10.4. The van der Waals surface area contributed by atoms with Gasteiger partial charge in [-0.1, -0.05) is 12.1 Å². The Balaban J connectivity index is 1.95. The predicted octanol–water partition coefficient (Wildman–Crippen LogP) is 1.72. The topological polar surface area (TPSA) is 78.1 Å². The number of anilines is 2. The summed E-state index contributed by atoms with van der Waals surface area (Å²) < 4.78 is 0. The molecule has 1 aromatic heterocycles. The smallest absolute Gasteiger partial charge is 0.347 e. The molecule has 2 aromatic rings. The van der Waals surface area contributed by atoms with Crippen LogP contribution in [0.2, 0.25) is 0 Å². The number of aromatic nitrogens is 2. The number of nitrogens with zero attached hydrogens (tertiary/aromatic N) is 2. The average Bonchev–Trinajstić information content (AvgIpc) is 2.44. The first kappa shape index (κ1) is 15.8. The van der Waals surface area contributed by atoms with Gasteiger partial charge in [0.25, 0.3) is 0 Å². The standard InChI is InChI=1S/C16H20N4O2/c1-11-9-14(19-16(22)17-11)18-15(21)8-7-12-5-4-6-13(10-12)20(2)3/h4-6,9-10H,7-8H2,1-3H3,(H2,17,18,19,21,22). The van der Waals surface area contributed by atoms with Crippen LogP contribution in [0.1, 0.15) is 17.7 Å². The quantitative estimate of drug-likeness (QED) is 0.881. The summed E-state index contributed by atoms with van der Waals surface area (Å²) in [5, 5.41) is 2.65. The first-order valence-electron chi connectivity index (χ1n) is 7.08. The van der Waals surface area contributed by atoms with Crippen molar-refractivity contribution in [2.24, 2.45) is 0 Å². The number of carbonyl (C=O) groups excluding carboxylic acids is 1. The Bertz CT molecular complexity index is 722. The fourth-order valence-corrected chi connectivity index (χ4v) is 2.10. The number of amides is 1. The minimum atomic E-state index is -0.464. The summed E-state index contributed by atoms with van der Waals surface area (Å²) in [4.78, 5) is 31.5. The highest BCUT2D eigenvalue weighted by Crippen LogP contribution is 2.15. The van der Waals surface area contributed by atoms with Crippen LogP contribution in [0.4, 0.5) is 11.5 Å². The van der Waals surface area contributed by atoms with E-state index in [4.69, 9.17) is 0 Å². The van der Waals surface area contributed by atoms with Crippen LogP contribution in [0, 0.1) is 6.92 Å². The van der Waals surface area contributed by atoms with Crippen molar-refractivity contribution < 1.29 is 4.79 Å². The molecule has 0 saturated carbocycles. The predicted molar refractivity (Wildman–Crippen MR) is 87.3 cm³/mol. The molecule has 2 rings (SSSR count). The molecule has 2 N–H and O–H groups in total. The van der Waals surface area contributed by atoms with Crippen LogP contribution >= 0.6 is 0 Å². The van der Waals surface area contributed by atoms with Crippen molar-refractivity contribution >= 4 is 17.4 Å². The zero-order valence-corrected chi connectivity index (χ0v) is 13.0. The van der Waals surface area contributed by atoms with Gasteiger partial charge in [0.05, 0.1) is 0 Å². The van der Waals surface area contributed by atoms with Crippen LogP contribution in [-0.2, 0) is 11.2 Å². The van der Waals surface area contributed by atoms with Crippen LogP contribution < -0.4 is 15.9 Å². The van der Waals surface area contributed by atoms with Crippen LogP contribution in [0.3, 0.4) is 0 Å². The molecule has 0 aliphatic heterocycles. The molecule has 0 spiro atoms. The van der Waals surface area contributed by atoms with E-state index in [0.717, 1.165) is 11.3 Å². The Kier molecular flexibility index (Phi) is 4.93. The van der Waals surface area contributed by atoms with Crippen molar-refractivity contribution in [3.8, 4) is 0 Å². The van der Waals surface area contributed by atoms with E-state index in [1.807, 2.05) is 37.2 Å². The van der Waals surface area contributed by atoms with Crippen molar-refractivity contribution in [2.45, 2.75) is 19.8 Å². The molecule has 6 nitrogen and oxygen atoms in total. The normalized spacial score (nSPS) is 10.3. The Hall–Kier alpha value is -2.63. The molecular formula is C16H20N4O2. The number of aryl methyl sites for hydroxylation is 2. The van der Waals surface area contributed by atoms with Gasteiger partial charge in [-0.15, -0.1) is 0 Å². The molecule has 1 amide bonds. The molecule has 22 heavy (non-hydrogen) atoms. The molecule has 0 radical (unpaired) electrons. The van der Waals surface area contributed by atoms with Gasteiger partial charge in [-0.25, -0.2) is 4.79 Å². The lowest BCUT2D eigenvalue weighted by atomic mass is 10.1. The maximum absolute atomic E-state index is 12.0. The van der Waals surface area contributed by atoms with Gasteiger partial charge in [0, 0.05) is 38.0 Å².